The van der Waals surface area contributed by atoms with Crippen LogP contribution in [-0.2, 0) is 4.74 Å². The summed E-state index contributed by atoms with van der Waals surface area (Å²) in [6, 6.07) is 0. The summed E-state index contributed by atoms with van der Waals surface area (Å²) in [7, 11) is 0. The Morgan fingerprint density at radius 3 is 2.81 bits per heavy atom. The van der Waals surface area contributed by atoms with Gasteiger partial charge in [0.1, 0.15) is 12.7 Å². The van der Waals surface area contributed by atoms with Gasteiger partial charge in [-0.25, -0.2) is 4.98 Å². The van der Waals surface area contributed by atoms with Gasteiger partial charge < -0.3 is 15.4 Å². The van der Waals surface area contributed by atoms with Gasteiger partial charge in [-0.2, -0.15) is 24.7 Å². The van der Waals surface area contributed by atoms with Crippen LogP contribution >= 0.6 is 0 Å². The second-order valence-electron chi connectivity index (χ2n) is 4.76. The van der Waals surface area contributed by atoms with Crippen molar-refractivity contribution in [2.75, 3.05) is 36.9 Å². The maximum absolute atomic E-state index is 5.36. The van der Waals surface area contributed by atoms with E-state index < -0.39 is 0 Å². The molecule has 112 valence electrons. The summed E-state index contributed by atoms with van der Waals surface area (Å²) in [6.45, 7) is 5.12. The summed E-state index contributed by atoms with van der Waals surface area (Å²) >= 11 is 0. The second-order valence-corrected chi connectivity index (χ2v) is 4.76. The van der Waals surface area contributed by atoms with Crippen molar-refractivity contribution in [1.29, 1.82) is 0 Å². The highest BCUT2D eigenvalue weighted by molar-refractivity contribution is 5.37. The number of nitrogens with zero attached hydrogens (tertiary/aromatic N) is 6. The number of ether oxygens (including phenoxy) is 1. The molecule has 0 amide bonds. The molecule has 0 spiro atoms. The Balaban J connectivity index is 1.77. The SMILES string of the molecule is CCNc1nc(NCC2CCOC2)nc(-n2cncn2)n1. The molecule has 2 aromatic heterocycles. The van der Waals surface area contributed by atoms with Gasteiger partial charge >= 0.3 is 0 Å². The van der Waals surface area contributed by atoms with Crippen LogP contribution in [0.4, 0.5) is 11.9 Å². The maximum Gasteiger partial charge on any atom is 0.258 e. The fraction of sp³-hybridized carbons (Fsp3) is 0.583. The van der Waals surface area contributed by atoms with Crippen molar-refractivity contribution in [3.63, 3.8) is 0 Å². The first kappa shape index (κ1) is 13.7. The van der Waals surface area contributed by atoms with Gasteiger partial charge in [0, 0.05) is 25.6 Å². The zero-order valence-corrected chi connectivity index (χ0v) is 11.9. The predicted octanol–water partition coefficient (Wildman–Crippen LogP) is 0.332. The number of nitrogens with one attached hydrogen (secondary N) is 2. The molecule has 0 radical (unpaired) electrons. The van der Waals surface area contributed by atoms with Crippen molar-refractivity contribution < 1.29 is 4.74 Å². The van der Waals surface area contributed by atoms with E-state index in [1.807, 2.05) is 6.92 Å². The lowest BCUT2D eigenvalue weighted by atomic mass is 10.1. The average Bonchev–Trinajstić information content (AvgIpc) is 3.19. The molecule has 1 atom stereocenters. The largest absolute Gasteiger partial charge is 0.381 e. The fourth-order valence-electron chi connectivity index (χ4n) is 2.07. The van der Waals surface area contributed by atoms with Crippen molar-refractivity contribution in [3.8, 4) is 5.95 Å². The molecule has 3 heterocycles. The summed E-state index contributed by atoms with van der Waals surface area (Å²) in [4.78, 5) is 16.9. The van der Waals surface area contributed by atoms with E-state index in [4.69, 9.17) is 4.74 Å². The van der Waals surface area contributed by atoms with Crippen LogP contribution in [0.25, 0.3) is 5.95 Å². The predicted molar refractivity (Wildman–Crippen MR) is 76.3 cm³/mol. The first-order valence-electron chi connectivity index (χ1n) is 7.01. The maximum atomic E-state index is 5.36. The normalized spacial score (nSPS) is 17.9. The van der Waals surface area contributed by atoms with Crippen molar-refractivity contribution in [1.82, 2.24) is 29.7 Å². The van der Waals surface area contributed by atoms with E-state index in [1.165, 1.54) is 11.0 Å². The quantitative estimate of drug-likeness (QED) is 0.784. The first-order valence-corrected chi connectivity index (χ1v) is 7.01. The lowest BCUT2D eigenvalue weighted by Crippen LogP contribution is -2.18. The zero-order chi connectivity index (χ0) is 14.5. The molecule has 9 heteroatoms. The Morgan fingerprint density at radius 2 is 2.14 bits per heavy atom. The van der Waals surface area contributed by atoms with E-state index in [1.54, 1.807) is 6.33 Å². The average molecular weight is 290 g/mol. The number of rotatable bonds is 6. The van der Waals surface area contributed by atoms with Crippen LogP contribution in [0.2, 0.25) is 0 Å². The van der Waals surface area contributed by atoms with Crippen LogP contribution in [0.1, 0.15) is 13.3 Å². The monoisotopic (exact) mass is 290 g/mol. The lowest BCUT2D eigenvalue weighted by Gasteiger charge is -2.11. The van der Waals surface area contributed by atoms with E-state index >= 15 is 0 Å². The minimum absolute atomic E-state index is 0.434. The minimum Gasteiger partial charge on any atom is -0.381 e. The summed E-state index contributed by atoms with van der Waals surface area (Å²) in [5.74, 6) is 1.98. The van der Waals surface area contributed by atoms with Crippen molar-refractivity contribution in [3.05, 3.63) is 12.7 Å². The van der Waals surface area contributed by atoms with E-state index in [0.29, 0.717) is 23.8 Å². The van der Waals surface area contributed by atoms with Crippen LogP contribution in [0, 0.1) is 5.92 Å². The molecule has 2 aromatic rings. The number of anilines is 2. The third-order valence-electron chi connectivity index (χ3n) is 3.16. The Hall–Kier alpha value is -2.29. The van der Waals surface area contributed by atoms with Crippen LogP contribution < -0.4 is 10.6 Å². The molecule has 0 aliphatic carbocycles. The van der Waals surface area contributed by atoms with Crippen LogP contribution in [0.3, 0.4) is 0 Å². The highest BCUT2D eigenvalue weighted by Crippen LogP contribution is 2.14. The molecule has 2 N–H and O–H groups in total. The minimum atomic E-state index is 0.434. The van der Waals surface area contributed by atoms with E-state index in [-0.39, 0.29) is 0 Å². The number of hydrogen-bond donors (Lipinski definition) is 2. The van der Waals surface area contributed by atoms with Crippen molar-refractivity contribution in [2.24, 2.45) is 5.92 Å². The van der Waals surface area contributed by atoms with Gasteiger partial charge in [0.2, 0.25) is 11.9 Å². The Morgan fingerprint density at radius 1 is 1.29 bits per heavy atom. The molecule has 0 saturated carbocycles. The van der Waals surface area contributed by atoms with Gasteiger partial charge in [0.25, 0.3) is 5.95 Å². The standard InChI is InChI=1S/C12H18N8O/c1-2-14-10-17-11(15-5-9-3-4-21-6-9)19-12(18-10)20-8-13-7-16-20/h7-9H,2-6H2,1H3,(H2,14,15,17,18,19). The highest BCUT2D eigenvalue weighted by Gasteiger charge is 2.16. The van der Waals surface area contributed by atoms with Gasteiger partial charge in [-0.1, -0.05) is 0 Å². The molecular formula is C12H18N8O. The van der Waals surface area contributed by atoms with E-state index in [9.17, 15) is 0 Å². The van der Waals surface area contributed by atoms with Crippen molar-refractivity contribution >= 4 is 11.9 Å². The molecule has 21 heavy (non-hydrogen) atoms. The van der Waals surface area contributed by atoms with Crippen molar-refractivity contribution in [2.45, 2.75) is 13.3 Å². The Bertz CT molecular complexity index is 567. The summed E-state index contributed by atoms with van der Waals surface area (Å²) < 4.78 is 6.87. The summed E-state index contributed by atoms with van der Waals surface area (Å²) in [5.41, 5.74) is 0. The molecule has 9 nitrogen and oxygen atoms in total. The van der Waals surface area contributed by atoms with Gasteiger partial charge in [-0.05, 0) is 13.3 Å². The molecule has 1 aliphatic heterocycles. The van der Waals surface area contributed by atoms with Gasteiger partial charge in [0.05, 0.1) is 6.61 Å². The molecular weight excluding hydrogens is 272 g/mol. The molecule has 3 rings (SSSR count). The zero-order valence-electron chi connectivity index (χ0n) is 11.9. The van der Waals surface area contributed by atoms with Gasteiger partial charge in [-0.15, -0.1) is 0 Å². The molecule has 0 bridgehead atoms. The lowest BCUT2D eigenvalue weighted by molar-refractivity contribution is 0.187. The first-order chi connectivity index (χ1) is 10.3. The molecule has 1 aliphatic rings. The van der Waals surface area contributed by atoms with Crippen LogP contribution in [-0.4, -0.2) is 56.0 Å². The summed E-state index contributed by atoms with van der Waals surface area (Å²) in [5, 5.41) is 10.4. The number of aromatic nitrogens is 6. The number of hydrogen-bond acceptors (Lipinski definition) is 8. The Kier molecular flexibility index (Phi) is 4.20. The van der Waals surface area contributed by atoms with E-state index in [2.05, 4.69) is 35.7 Å². The molecule has 0 aromatic carbocycles. The van der Waals surface area contributed by atoms with E-state index in [0.717, 1.165) is 32.7 Å². The van der Waals surface area contributed by atoms with Gasteiger partial charge in [0.15, 0.2) is 0 Å². The summed E-state index contributed by atoms with van der Waals surface area (Å²) in [6.07, 6.45) is 4.06. The highest BCUT2D eigenvalue weighted by atomic mass is 16.5. The third-order valence-corrected chi connectivity index (χ3v) is 3.16. The second kappa shape index (κ2) is 6.44. The molecule has 1 saturated heterocycles. The van der Waals surface area contributed by atoms with Crippen LogP contribution in [0.5, 0.6) is 0 Å². The smallest absolute Gasteiger partial charge is 0.258 e. The topological polar surface area (TPSA) is 103 Å². The Labute approximate surface area is 122 Å². The van der Waals surface area contributed by atoms with Crippen LogP contribution in [0.15, 0.2) is 12.7 Å². The molecule has 1 fully saturated rings. The third kappa shape index (κ3) is 3.43. The fourth-order valence-corrected chi connectivity index (χ4v) is 2.07. The van der Waals surface area contributed by atoms with Gasteiger partial charge in [-0.3, -0.25) is 0 Å². The molecule has 1 unspecified atom stereocenters.